The summed E-state index contributed by atoms with van der Waals surface area (Å²) in [7, 11) is 0. The van der Waals surface area contributed by atoms with Gasteiger partial charge in [0.25, 0.3) is 0 Å². The summed E-state index contributed by atoms with van der Waals surface area (Å²) in [5.74, 6) is 0.243. The highest BCUT2D eigenvalue weighted by Gasteiger charge is 1.98. The van der Waals surface area contributed by atoms with E-state index < -0.39 is 0 Å². The lowest BCUT2D eigenvalue weighted by atomic mass is 10.1. The molecule has 0 radical (unpaired) electrons. The van der Waals surface area contributed by atoms with E-state index in [1.807, 2.05) is 32.1 Å². The van der Waals surface area contributed by atoms with Gasteiger partial charge in [-0.2, -0.15) is 0 Å². The summed E-state index contributed by atoms with van der Waals surface area (Å²) in [6.45, 7) is 6.39. The van der Waals surface area contributed by atoms with E-state index in [9.17, 15) is 0 Å². The number of hydrogen-bond acceptors (Lipinski definition) is 2. The highest BCUT2D eigenvalue weighted by Crippen LogP contribution is 2.07. The van der Waals surface area contributed by atoms with Crippen molar-refractivity contribution in [1.29, 1.82) is 5.41 Å². The van der Waals surface area contributed by atoms with E-state index in [4.69, 9.17) is 11.1 Å². The van der Waals surface area contributed by atoms with Crippen LogP contribution in [0.4, 0.5) is 0 Å². The van der Waals surface area contributed by atoms with E-state index in [1.54, 1.807) is 6.21 Å². The van der Waals surface area contributed by atoms with Crippen molar-refractivity contribution in [2.24, 2.45) is 10.7 Å². The van der Waals surface area contributed by atoms with Gasteiger partial charge in [0.05, 0.1) is 0 Å². The van der Waals surface area contributed by atoms with Crippen molar-refractivity contribution in [3.63, 3.8) is 0 Å². The summed E-state index contributed by atoms with van der Waals surface area (Å²) in [5.41, 5.74) is 7.25. The standard InChI is InChI=1S/C13H21N3/c1-4-6-11(3)10-12(7-5-2)13(15)16-9-8-14/h5-7,9-10,15H,4,8,14H2,1-3H3/b7-5-,11-6+,12-10+,15-13?,16-9?. The molecular formula is C13H21N3. The fraction of sp³-hybridized carbons (Fsp3) is 0.385. The SMILES string of the molecule is C\C=C/C(=C\C(C)=C\CC)C(=N)N=CCN. The maximum Gasteiger partial charge on any atom is 0.151 e. The van der Waals surface area contributed by atoms with Crippen molar-refractivity contribution >= 4 is 12.1 Å². The summed E-state index contributed by atoms with van der Waals surface area (Å²) in [6, 6.07) is 0. The molecule has 0 rings (SSSR count). The molecule has 16 heavy (non-hydrogen) atoms. The van der Waals surface area contributed by atoms with E-state index in [1.165, 1.54) is 0 Å². The molecular weight excluding hydrogens is 198 g/mol. The Morgan fingerprint density at radius 1 is 1.44 bits per heavy atom. The number of nitrogens with one attached hydrogen (secondary N) is 1. The second-order valence-electron chi connectivity index (χ2n) is 3.35. The first-order valence-electron chi connectivity index (χ1n) is 5.48. The fourth-order valence-corrected chi connectivity index (χ4v) is 1.22. The van der Waals surface area contributed by atoms with Crippen molar-refractivity contribution in [1.82, 2.24) is 0 Å². The molecule has 0 aromatic carbocycles. The summed E-state index contributed by atoms with van der Waals surface area (Å²) >= 11 is 0. The number of hydrogen-bond donors (Lipinski definition) is 2. The minimum absolute atomic E-state index is 0.243. The molecule has 3 nitrogen and oxygen atoms in total. The molecule has 0 atom stereocenters. The first-order valence-corrected chi connectivity index (χ1v) is 5.48. The smallest absolute Gasteiger partial charge is 0.151 e. The van der Waals surface area contributed by atoms with Crippen molar-refractivity contribution < 1.29 is 0 Å². The zero-order valence-corrected chi connectivity index (χ0v) is 10.3. The molecule has 0 heterocycles. The Labute approximate surface area is 98.0 Å². The molecule has 0 bridgehead atoms. The van der Waals surface area contributed by atoms with Gasteiger partial charge in [-0.05, 0) is 26.3 Å². The van der Waals surface area contributed by atoms with Gasteiger partial charge in [-0.15, -0.1) is 0 Å². The number of aliphatic imine (C=N–C) groups is 1. The van der Waals surface area contributed by atoms with E-state index in [0.29, 0.717) is 6.54 Å². The van der Waals surface area contributed by atoms with Gasteiger partial charge in [0.1, 0.15) is 0 Å². The fourth-order valence-electron chi connectivity index (χ4n) is 1.22. The third kappa shape index (κ3) is 6.09. The number of nitrogens with two attached hydrogens (primary N) is 1. The minimum atomic E-state index is 0.243. The molecule has 0 aliphatic rings. The third-order valence-corrected chi connectivity index (χ3v) is 1.85. The lowest BCUT2D eigenvalue weighted by Gasteiger charge is -2.00. The normalized spacial score (nSPS) is 14.0. The van der Waals surface area contributed by atoms with Crippen molar-refractivity contribution in [2.45, 2.75) is 27.2 Å². The maximum atomic E-state index is 7.78. The van der Waals surface area contributed by atoms with E-state index in [-0.39, 0.29) is 5.84 Å². The molecule has 3 N–H and O–H groups in total. The Morgan fingerprint density at radius 3 is 2.62 bits per heavy atom. The Balaban J connectivity index is 4.93. The van der Waals surface area contributed by atoms with E-state index in [2.05, 4.69) is 18.0 Å². The van der Waals surface area contributed by atoms with E-state index >= 15 is 0 Å². The molecule has 0 aromatic heterocycles. The molecule has 0 aromatic rings. The second kappa shape index (κ2) is 8.80. The second-order valence-corrected chi connectivity index (χ2v) is 3.35. The zero-order valence-electron chi connectivity index (χ0n) is 10.3. The van der Waals surface area contributed by atoms with Gasteiger partial charge in [0.2, 0.25) is 0 Å². The molecule has 0 spiro atoms. The van der Waals surface area contributed by atoms with Gasteiger partial charge in [-0.1, -0.05) is 30.7 Å². The Hall–Kier alpha value is -1.48. The first kappa shape index (κ1) is 14.5. The molecule has 0 fully saturated rings. The van der Waals surface area contributed by atoms with Crippen molar-refractivity contribution in [2.75, 3.05) is 6.54 Å². The van der Waals surface area contributed by atoms with Crippen LogP contribution in [0.5, 0.6) is 0 Å². The molecule has 0 saturated heterocycles. The monoisotopic (exact) mass is 219 g/mol. The number of rotatable bonds is 5. The van der Waals surface area contributed by atoms with Gasteiger partial charge in [0.15, 0.2) is 5.84 Å². The van der Waals surface area contributed by atoms with Crippen molar-refractivity contribution in [3.8, 4) is 0 Å². The topological polar surface area (TPSA) is 62.2 Å². The molecule has 3 heteroatoms. The Bertz CT molecular complexity index is 333. The molecule has 0 unspecified atom stereocenters. The lowest BCUT2D eigenvalue weighted by molar-refractivity contribution is 1.20. The molecule has 0 saturated carbocycles. The van der Waals surface area contributed by atoms with Crippen LogP contribution in [0.15, 0.2) is 40.4 Å². The quantitative estimate of drug-likeness (QED) is 0.417. The average Bonchev–Trinajstić information content (AvgIpc) is 2.25. The number of allylic oxidation sites excluding steroid dienone is 4. The summed E-state index contributed by atoms with van der Waals surface area (Å²) < 4.78 is 0. The maximum absolute atomic E-state index is 7.78. The molecule has 0 aliphatic carbocycles. The van der Waals surface area contributed by atoms with Gasteiger partial charge < -0.3 is 5.73 Å². The van der Waals surface area contributed by atoms with Crippen LogP contribution in [-0.4, -0.2) is 18.6 Å². The van der Waals surface area contributed by atoms with Gasteiger partial charge in [-0.25, -0.2) is 4.99 Å². The van der Waals surface area contributed by atoms with E-state index in [0.717, 1.165) is 17.6 Å². The van der Waals surface area contributed by atoms with Crippen LogP contribution in [0, 0.1) is 5.41 Å². The van der Waals surface area contributed by atoms with Crippen LogP contribution in [0.3, 0.4) is 0 Å². The molecule has 0 aliphatic heterocycles. The first-order chi connectivity index (χ1) is 7.65. The lowest BCUT2D eigenvalue weighted by Crippen LogP contribution is -2.03. The highest BCUT2D eigenvalue weighted by molar-refractivity contribution is 6.03. The van der Waals surface area contributed by atoms with Gasteiger partial charge in [-0.3, -0.25) is 5.41 Å². The summed E-state index contributed by atoms with van der Waals surface area (Å²) in [4.78, 5) is 3.96. The predicted molar refractivity (Wildman–Crippen MR) is 72.2 cm³/mol. The minimum Gasteiger partial charge on any atom is -0.326 e. The zero-order chi connectivity index (χ0) is 12.4. The number of nitrogens with zero attached hydrogens (tertiary/aromatic N) is 1. The van der Waals surface area contributed by atoms with Crippen LogP contribution < -0.4 is 5.73 Å². The Morgan fingerprint density at radius 2 is 2.12 bits per heavy atom. The van der Waals surface area contributed by atoms with Crippen LogP contribution in [0.2, 0.25) is 0 Å². The van der Waals surface area contributed by atoms with Crippen LogP contribution in [0.1, 0.15) is 27.2 Å². The van der Waals surface area contributed by atoms with Crippen LogP contribution in [-0.2, 0) is 0 Å². The molecule has 0 amide bonds. The van der Waals surface area contributed by atoms with Gasteiger partial charge >= 0.3 is 0 Å². The summed E-state index contributed by atoms with van der Waals surface area (Å²) in [5, 5.41) is 7.78. The van der Waals surface area contributed by atoms with Gasteiger partial charge in [0, 0.05) is 18.3 Å². The third-order valence-electron chi connectivity index (χ3n) is 1.85. The summed E-state index contributed by atoms with van der Waals surface area (Å²) in [6.07, 6.45) is 10.4. The van der Waals surface area contributed by atoms with Crippen LogP contribution in [0.25, 0.3) is 0 Å². The largest absolute Gasteiger partial charge is 0.326 e. The molecule has 88 valence electrons. The van der Waals surface area contributed by atoms with Crippen LogP contribution >= 0.6 is 0 Å². The predicted octanol–water partition coefficient (Wildman–Crippen LogP) is 2.85. The highest BCUT2D eigenvalue weighted by atomic mass is 14.8. The average molecular weight is 219 g/mol. The van der Waals surface area contributed by atoms with Crippen molar-refractivity contribution in [3.05, 3.63) is 35.5 Å². The Kier molecular flexibility index (Phi) is 7.98. The number of amidine groups is 1.